The van der Waals surface area contributed by atoms with E-state index >= 15 is 0 Å². The molecular formula is C11H19N3. The molecule has 3 heteroatoms. The van der Waals surface area contributed by atoms with Crippen LogP contribution in [0.1, 0.15) is 33.6 Å². The third kappa shape index (κ3) is 2.62. The number of rotatable bonds is 4. The number of aromatic nitrogens is 1. The Morgan fingerprint density at radius 2 is 2.07 bits per heavy atom. The van der Waals surface area contributed by atoms with Gasteiger partial charge in [-0.25, -0.2) is 4.98 Å². The molecule has 1 rings (SSSR count). The van der Waals surface area contributed by atoms with Crippen LogP contribution >= 0.6 is 0 Å². The Morgan fingerprint density at radius 3 is 2.57 bits per heavy atom. The zero-order valence-electron chi connectivity index (χ0n) is 9.17. The van der Waals surface area contributed by atoms with Gasteiger partial charge in [-0.15, -0.1) is 0 Å². The minimum absolute atomic E-state index is 0.112. The lowest BCUT2D eigenvalue weighted by Crippen LogP contribution is -2.33. The van der Waals surface area contributed by atoms with Crippen LogP contribution in [-0.2, 0) is 0 Å². The van der Waals surface area contributed by atoms with Gasteiger partial charge < -0.3 is 11.1 Å². The molecule has 0 unspecified atom stereocenters. The van der Waals surface area contributed by atoms with Crippen molar-refractivity contribution in [1.82, 2.24) is 4.98 Å². The van der Waals surface area contributed by atoms with E-state index < -0.39 is 0 Å². The van der Waals surface area contributed by atoms with Gasteiger partial charge in [0.05, 0.1) is 0 Å². The van der Waals surface area contributed by atoms with E-state index in [4.69, 9.17) is 5.73 Å². The quantitative estimate of drug-likeness (QED) is 0.773. The molecule has 14 heavy (non-hydrogen) atoms. The van der Waals surface area contributed by atoms with Crippen LogP contribution in [0, 0.1) is 0 Å². The number of pyridine rings is 1. The van der Waals surface area contributed by atoms with Crippen LogP contribution in [0.2, 0.25) is 0 Å². The zero-order valence-corrected chi connectivity index (χ0v) is 9.17. The van der Waals surface area contributed by atoms with Crippen molar-refractivity contribution < 1.29 is 0 Å². The average Bonchev–Trinajstić information content (AvgIpc) is 2.18. The van der Waals surface area contributed by atoms with Crippen LogP contribution < -0.4 is 11.1 Å². The number of anilines is 2. The molecule has 0 aliphatic heterocycles. The second-order valence-electron chi connectivity index (χ2n) is 3.87. The lowest BCUT2D eigenvalue weighted by atomic mass is 9.96. The Kier molecular flexibility index (Phi) is 3.33. The van der Waals surface area contributed by atoms with Crippen LogP contribution in [0.25, 0.3) is 0 Å². The standard InChI is InChI=1S/C11H19N3/c1-4-11(3,5-2)14-10-8-9(12)6-7-13-10/h6-8H,4-5H2,1-3H3,(H3,12,13,14). The minimum Gasteiger partial charge on any atom is -0.399 e. The fourth-order valence-corrected chi connectivity index (χ4v) is 1.25. The van der Waals surface area contributed by atoms with Crippen molar-refractivity contribution in [2.24, 2.45) is 0 Å². The van der Waals surface area contributed by atoms with Crippen molar-refractivity contribution in [2.75, 3.05) is 11.1 Å². The molecule has 0 fully saturated rings. The number of nitrogens with two attached hydrogens (primary N) is 1. The maximum Gasteiger partial charge on any atom is 0.128 e. The third-order valence-corrected chi connectivity index (χ3v) is 2.77. The van der Waals surface area contributed by atoms with Crippen LogP contribution in [0.15, 0.2) is 18.3 Å². The maximum absolute atomic E-state index is 5.68. The molecule has 0 bridgehead atoms. The highest BCUT2D eigenvalue weighted by atomic mass is 15.0. The molecule has 1 aromatic rings. The first-order chi connectivity index (χ1) is 6.59. The van der Waals surface area contributed by atoms with E-state index in [0.29, 0.717) is 0 Å². The molecule has 1 heterocycles. The number of nitrogens with one attached hydrogen (secondary N) is 1. The Balaban J connectivity index is 2.77. The van der Waals surface area contributed by atoms with E-state index in [1.807, 2.05) is 6.07 Å². The molecule has 78 valence electrons. The summed E-state index contributed by atoms with van der Waals surface area (Å²) >= 11 is 0. The van der Waals surface area contributed by atoms with Crippen molar-refractivity contribution in [3.8, 4) is 0 Å². The monoisotopic (exact) mass is 193 g/mol. The highest BCUT2D eigenvalue weighted by Crippen LogP contribution is 2.20. The highest BCUT2D eigenvalue weighted by Gasteiger charge is 2.19. The van der Waals surface area contributed by atoms with Crippen LogP contribution in [-0.4, -0.2) is 10.5 Å². The van der Waals surface area contributed by atoms with Gasteiger partial charge in [-0.1, -0.05) is 13.8 Å². The molecule has 0 aliphatic carbocycles. The summed E-state index contributed by atoms with van der Waals surface area (Å²) in [4.78, 5) is 4.23. The molecule has 0 amide bonds. The van der Waals surface area contributed by atoms with Gasteiger partial charge in [0, 0.05) is 23.5 Å². The molecule has 0 radical (unpaired) electrons. The lowest BCUT2D eigenvalue weighted by molar-refractivity contribution is 0.477. The van der Waals surface area contributed by atoms with Crippen LogP contribution in [0.4, 0.5) is 11.5 Å². The van der Waals surface area contributed by atoms with Crippen LogP contribution in [0.5, 0.6) is 0 Å². The second-order valence-corrected chi connectivity index (χ2v) is 3.87. The van der Waals surface area contributed by atoms with Crippen molar-refractivity contribution in [3.63, 3.8) is 0 Å². The van der Waals surface area contributed by atoms with Crippen molar-refractivity contribution in [3.05, 3.63) is 18.3 Å². The van der Waals surface area contributed by atoms with Gasteiger partial charge in [0.25, 0.3) is 0 Å². The predicted molar refractivity (Wildman–Crippen MR) is 61.3 cm³/mol. The van der Waals surface area contributed by atoms with Gasteiger partial charge >= 0.3 is 0 Å². The molecule has 0 atom stereocenters. The van der Waals surface area contributed by atoms with E-state index in [9.17, 15) is 0 Å². The van der Waals surface area contributed by atoms with Gasteiger partial charge in [-0.3, -0.25) is 0 Å². The first-order valence-corrected chi connectivity index (χ1v) is 5.09. The fraction of sp³-hybridized carbons (Fsp3) is 0.545. The summed E-state index contributed by atoms with van der Waals surface area (Å²) in [6.07, 6.45) is 3.86. The maximum atomic E-state index is 5.68. The normalized spacial score (nSPS) is 11.4. The van der Waals surface area contributed by atoms with Gasteiger partial charge in [0.2, 0.25) is 0 Å². The summed E-state index contributed by atoms with van der Waals surface area (Å²) in [5, 5.41) is 3.40. The van der Waals surface area contributed by atoms with E-state index in [1.54, 1.807) is 12.3 Å². The van der Waals surface area contributed by atoms with Gasteiger partial charge in [0.15, 0.2) is 0 Å². The van der Waals surface area contributed by atoms with Gasteiger partial charge in [0.1, 0.15) is 5.82 Å². The molecule has 0 saturated heterocycles. The molecule has 0 aromatic carbocycles. The first kappa shape index (κ1) is 10.8. The first-order valence-electron chi connectivity index (χ1n) is 5.09. The topological polar surface area (TPSA) is 50.9 Å². The van der Waals surface area contributed by atoms with Crippen molar-refractivity contribution >= 4 is 11.5 Å². The summed E-state index contributed by atoms with van der Waals surface area (Å²) in [6, 6.07) is 3.66. The molecule has 1 aromatic heterocycles. The number of hydrogen-bond donors (Lipinski definition) is 2. The molecule has 0 aliphatic rings. The SMILES string of the molecule is CCC(C)(CC)Nc1cc(N)ccn1. The summed E-state index contributed by atoms with van der Waals surface area (Å²) in [5.74, 6) is 0.858. The summed E-state index contributed by atoms with van der Waals surface area (Å²) in [6.45, 7) is 6.53. The molecule has 0 spiro atoms. The van der Waals surface area contributed by atoms with E-state index in [-0.39, 0.29) is 5.54 Å². The highest BCUT2D eigenvalue weighted by molar-refractivity contribution is 5.49. The largest absolute Gasteiger partial charge is 0.399 e. The number of nitrogen functional groups attached to an aromatic ring is 1. The van der Waals surface area contributed by atoms with E-state index in [2.05, 4.69) is 31.1 Å². The van der Waals surface area contributed by atoms with Gasteiger partial charge in [-0.2, -0.15) is 0 Å². The Morgan fingerprint density at radius 1 is 1.43 bits per heavy atom. The van der Waals surface area contributed by atoms with Gasteiger partial charge in [-0.05, 0) is 25.8 Å². The lowest BCUT2D eigenvalue weighted by Gasteiger charge is -2.28. The Hall–Kier alpha value is -1.25. The predicted octanol–water partition coefficient (Wildman–Crippen LogP) is 2.65. The molecular weight excluding hydrogens is 174 g/mol. The van der Waals surface area contributed by atoms with Crippen molar-refractivity contribution in [1.29, 1.82) is 0 Å². The zero-order chi connectivity index (χ0) is 10.6. The number of hydrogen-bond acceptors (Lipinski definition) is 3. The second kappa shape index (κ2) is 4.31. The third-order valence-electron chi connectivity index (χ3n) is 2.77. The minimum atomic E-state index is 0.112. The molecule has 3 nitrogen and oxygen atoms in total. The molecule has 3 N–H and O–H groups in total. The molecule has 0 saturated carbocycles. The van der Waals surface area contributed by atoms with Crippen LogP contribution in [0.3, 0.4) is 0 Å². The Labute approximate surface area is 85.7 Å². The Bertz CT molecular complexity index is 292. The number of nitrogens with zero attached hydrogens (tertiary/aromatic N) is 1. The average molecular weight is 193 g/mol. The fourth-order valence-electron chi connectivity index (χ4n) is 1.25. The van der Waals surface area contributed by atoms with E-state index in [1.165, 1.54) is 0 Å². The summed E-state index contributed by atoms with van der Waals surface area (Å²) < 4.78 is 0. The smallest absolute Gasteiger partial charge is 0.128 e. The summed E-state index contributed by atoms with van der Waals surface area (Å²) in [5.41, 5.74) is 6.54. The van der Waals surface area contributed by atoms with Crippen molar-refractivity contribution in [2.45, 2.75) is 39.2 Å². The summed E-state index contributed by atoms with van der Waals surface area (Å²) in [7, 11) is 0. The van der Waals surface area contributed by atoms with E-state index in [0.717, 1.165) is 24.3 Å².